The molecule has 3 heteroatoms. The molecule has 0 atom stereocenters. The average Bonchev–Trinajstić information content (AvgIpc) is 2.44. The van der Waals surface area contributed by atoms with E-state index in [-0.39, 0.29) is 0 Å². The van der Waals surface area contributed by atoms with Crippen LogP contribution in [0.25, 0.3) is 0 Å². The van der Waals surface area contributed by atoms with E-state index in [4.69, 9.17) is 4.74 Å². The number of pyridine rings is 1. The van der Waals surface area contributed by atoms with Crippen LogP contribution in [0.4, 0.5) is 5.69 Å². The fourth-order valence-electron chi connectivity index (χ4n) is 1.67. The summed E-state index contributed by atoms with van der Waals surface area (Å²) in [5, 5.41) is 3.37. The maximum absolute atomic E-state index is 5.71. The molecule has 1 aromatic heterocycles. The fraction of sp³-hybridized carbons (Fsp3) is 0.312. The molecule has 1 aromatic carbocycles. The minimum Gasteiger partial charge on any atom is -0.493 e. The molecule has 0 aliphatic rings. The van der Waals surface area contributed by atoms with E-state index in [2.05, 4.69) is 30.2 Å². The molecule has 0 fully saturated rings. The summed E-state index contributed by atoms with van der Waals surface area (Å²) >= 11 is 0. The first-order valence-corrected chi connectivity index (χ1v) is 6.59. The van der Waals surface area contributed by atoms with E-state index in [1.807, 2.05) is 36.5 Å². The second-order valence-corrected chi connectivity index (χ2v) is 4.95. The zero-order valence-electron chi connectivity index (χ0n) is 11.5. The van der Waals surface area contributed by atoms with Gasteiger partial charge in [-0.3, -0.25) is 4.98 Å². The molecule has 1 N–H and O–H groups in total. The summed E-state index contributed by atoms with van der Waals surface area (Å²) < 4.78 is 5.71. The van der Waals surface area contributed by atoms with Gasteiger partial charge in [0.05, 0.1) is 6.61 Å². The Morgan fingerprint density at radius 1 is 1.21 bits per heavy atom. The molecule has 0 radical (unpaired) electrons. The van der Waals surface area contributed by atoms with Crippen molar-refractivity contribution in [1.82, 2.24) is 4.98 Å². The van der Waals surface area contributed by atoms with E-state index in [0.717, 1.165) is 30.2 Å². The highest BCUT2D eigenvalue weighted by Gasteiger charge is 1.99. The molecule has 0 saturated heterocycles. The van der Waals surface area contributed by atoms with Crippen LogP contribution in [0.3, 0.4) is 0 Å². The van der Waals surface area contributed by atoms with Gasteiger partial charge in [0.1, 0.15) is 5.75 Å². The van der Waals surface area contributed by atoms with Crippen molar-refractivity contribution in [2.75, 3.05) is 11.9 Å². The molecule has 100 valence electrons. The first-order valence-electron chi connectivity index (χ1n) is 6.59. The monoisotopic (exact) mass is 256 g/mol. The zero-order chi connectivity index (χ0) is 13.5. The molecular weight excluding hydrogens is 236 g/mol. The topological polar surface area (TPSA) is 34.1 Å². The SMILES string of the molecule is CC(C)COc1cccc(NCc2cccnc2)c1. The molecule has 0 saturated carbocycles. The largest absolute Gasteiger partial charge is 0.493 e. The van der Waals surface area contributed by atoms with E-state index in [1.54, 1.807) is 6.20 Å². The maximum Gasteiger partial charge on any atom is 0.121 e. The maximum atomic E-state index is 5.71. The number of ether oxygens (including phenoxy) is 1. The van der Waals surface area contributed by atoms with Gasteiger partial charge in [-0.2, -0.15) is 0 Å². The number of benzene rings is 1. The summed E-state index contributed by atoms with van der Waals surface area (Å²) in [5.41, 5.74) is 2.22. The van der Waals surface area contributed by atoms with Crippen molar-refractivity contribution in [3.63, 3.8) is 0 Å². The zero-order valence-corrected chi connectivity index (χ0v) is 11.5. The van der Waals surface area contributed by atoms with Crippen LogP contribution in [-0.4, -0.2) is 11.6 Å². The number of nitrogens with one attached hydrogen (secondary N) is 1. The summed E-state index contributed by atoms with van der Waals surface area (Å²) in [4.78, 5) is 4.10. The van der Waals surface area contributed by atoms with Crippen molar-refractivity contribution < 1.29 is 4.74 Å². The molecule has 2 aromatic rings. The molecule has 0 aliphatic carbocycles. The lowest BCUT2D eigenvalue weighted by molar-refractivity contribution is 0.271. The van der Waals surface area contributed by atoms with Gasteiger partial charge in [-0.25, -0.2) is 0 Å². The van der Waals surface area contributed by atoms with Crippen LogP contribution < -0.4 is 10.1 Å². The van der Waals surface area contributed by atoms with Gasteiger partial charge >= 0.3 is 0 Å². The van der Waals surface area contributed by atoms with Crippen LogP contribution in [0.15, 0.2) is 48.8 Å². The number of nitrogens with zero attached hydrogens (tertiary/aromatic N) is 1. The Bertz CT molecular complexity index is 497. The van der Waals surface area contributed by atoms with Crippen LogP contribution >= 0.6 is 0 Å². The van der Waals surface area contributed by atoms with E-state index < -0.39 is 0 Å². The van der Waals surface area contributed by atoms with E-state index >= 15 is 0 Å². The molecule has 0 unspecified atom stereocenters. The third kappa shape index (κ3) is 4.62. The summed E-state index contributed by atoms with van der Waals surface area (Å²) in [6.07, 6.45) is 3.65. The first-order chi connectivity index (χ1) is 9.24. The Labute approximate surface area is 114 Å². The normalized spacial score (nSPS) is 10.5. The van der Waals surface area contributed by atoms with Gasteiger partial charge in [-0.15, -0.1) is 0 Å². The quantitative estimate of drug-likeness (QED) is 0.855. The Hall–Kier alpha value is -2.03. The minimum atomic E-state index is 0.534. The van der Waals surface area contributed by atoms with Crippen molar-refractivity contribution in [2.45, 2.75) is 20.4 Å². The highest BCUT2D eigenvalue weighted by molar-refractivity contribution is 5.48. The van der Waals surface area contributed by atoms with Gasteiger partial charge in [0.15, 0.2) is 0 Å². The number of aromatic nitrogens is 1. The molecule has 0 spiro atoms. The van der Waals surface area contributed by atoms with Crippen LogP contribution in [0.2, 0.25) is 0 Å². The van der Waals surface area contributed by atoms with Crippen molar-refractivity contribution in [3.05, 3.63) is 54.4 Å². The molecule has 0 amide bonds. The van der Waals surface area contributed by atoms with E-state index in [0.29, 0.717) is 5.92 Å². The second kappa shape index (κ2) is 6.78. The average molecular weight is 256 g/mol. The van der Waals surface area contributed by atoms with Crippen LogP contribution in [0.1, 0.15) is 19.4 Å². The Morgan fingerprint density at radius 3 is 2.84 bits per heavy atom. The molecule has 0 bridgehead atoms. The van der Waals surface area contributed by atoms with E-state index in [1.165, 1.54) is 0 Å². The lowest BCUT2D eigenvalue weighted by atomic mass is 10.2. The van der Waals surface area contributed by atoms with Gasteiger partial charge in [-0.05, 0) is 29.7 Å². The molecule has 3 nitrogen and oxygen atoms in total. The Kier molecular flexibility index (Phi) is 4.78. The molecule has 0 aliphatic heterocycles. The van der Waals surface area contributed by atoms with Crippen LogP contribution in [-0.2, 0) is 6.54 Å². The van der Waals surface area contributed by atoms with Crippen molar-refractivity contribution in [3.8, 4) is 5.75 Å². The van der Waals surface area contributed by atoms with Gasteiger partial charge in [-0.1, -0.05) is 26.0 Å². The lowest BCUT2D eigenvalue weighted by Crippen LogP contribution is -2.05. The minimum absolute atomic E-state index is 0.534. The predicted octanol–water partition coefficient (Wildman–Crippen LogP) is 3.73. The standard InChI is InChI=1S/C16H20N2O/c1-13(2)12-19-16-7-3-6-15(9-16)18-11-14-5-4-8-17-10-14/h3-10,13,18H,11-12H2,1-2H3. The smallest absolute Gasteiger partial charge is 0.121 e. The van der Waals surface area contributed by atoms with Crippen LogP contribution in [0.5, 0.6) is 5.75 Å². The number of hydrogen-bond acceptors (Lipinski definition) is 3. The fourth-order valence-corrected chi connectivity index (χ4v) is 1.67. The molecule has 19 heavy (non-hydrogen) atoms. The molecule has 1 heterocycles. The van der Waals surface area contributed by atoms with Crippen molar-refractivity contribution >= 4 is 5.69 Å². The number of rotatable bonds is 6. The lowest BCUT2D eigenvalue weighted by Gasteiger charge is -2.11. The van der Waals surface area contributed by atoms with Gasteiger partial charge in [0.2, 0.25) is 0 Å². The summed E-state index contributed by atoms with van der Waals surface area (Å²) in [7, 11) is 0. The third-order valence-corrected chi connectivity index (χ3v) is 2.64. The highest BCUT2D eigenvalue weighted by atomic mass is 16.5. The van der Waals surface area contributed by atoms with Gasteiger partial charge < -0.3 is 10.1 Å². The molecular formula is C16H20N2O. The summed E-state index contributed by atoms with van der Waals surface area (Å²) in [6, 6.07) is 12.1. The predicted molar refractivity (Wildman–Crippen MR) is 78.3 cm³/mol. The Balaban J connectivity index is 1.91. The summed E-state index contributed by atoms with van der Waals surface area (Å²) in [6.45, 7) is 5.79. The third-order valence-electron chi connectivity index (χ3n) is 2.64. The van der Waals surface area contributed by atoms with Gasteiger partial charge in [0, 0.05) is 30.7 Å². The Morgan fingerprint density at radius 2 is 2.11 bits per heavy atom. The molecule has 2 rings (SSSR count). The highest BCUT2D eigenvalue weighted by Crippen LogP contribution is 2.18. The van der Waals surface area contributed by atoms with Crippen LogP contribution in [0, 0.1) is 5.92 Å². The van der Waals surface area contributed by atoms with E-state index in [9.17, 15) is 0 Å². The van der Waals surface area contributed by atoms with Crippen molar-refractivity contribution in [2.24, 2.45) is 5.92 Å². The summed E-state index contributed by atoms with van der Waals surface area (Å²) in [5.74, 6) is 1.44. The second-order valence-electron chi connectivity index (χ2n) is 4.95. The number of anilines is 1. The number of hydrogen-bond donors (Lipinski definition) is 1. The van der Waals surface area contributed by atoms with Crippen molar-refractivity contribution in [1.29, 1.82) is 0 Å². The van der Waals surface area contributed by atoms with Gasteiger partial charge in [0.25, 0.3) is 0 Å². The first kappa shape index (κ1) is 13.4.